The number of sulfone groups is 1. The van der Waals surface area contributed by atoms with Gasteiger partial charge in [0.05, 0.1) is 11.9 Å². The van der Waals surface area contributed by atoms with Crippen LogP contribution in [0.3, 0.4) is 0 Å². The van der Waals surface area contributed by atoms with Gasteiger partial charge in [-0.2, -0.15) is 0 Å². The molecule has 0 amide bonds. The third-order valence-electron chi connectivity index (χ3n) is 1.62. The van der Waals surface area contributed by atoms with Crippen LogP contribution >= 0.6 is 0 Å². The Hall–Kier alpha value is -0.130. The largest absolute Gasteiger partial charge is 0.393 e. The fourth-order valence-electron chi connectivity index (χ4n) is 0.858. The third kappa shape index (κ3) is 9.79. The summed E-state index contributed by atoms with van der Waals surface area (Å²) in [5.41, 5.74) is 0. The Morgan fingerprint density at radius 3 is 2.46 bits per heavy atom. The Kier molecular flexibility index (Phi) is 6.28. The van der Waals surface area contributed by atoms with Crippen LogP contribution in [0.4, 0.5) is 0 Å². The van der Waals surface area contributed by atoms with E-state index in [1.54, 1.807) is 0 Å². The minimum absolute atomic E-state index is 0.0420. The van der Waals surface area contributed by atoms with Crippen molar-refractivity contribution >= 4 is 9.84 Å². The van der Waals surface area contributed by atoms with E-state index in [0.717, 1.165) is 0 Å². The number of rotatable bonds is 7. The topological polar surface area (TPSA) is 63.6 Å². The summed E-state index contributed by atoms with van der Waals surface area (Å²) in [5.74, 6) is 0.0420. The smallest absolute Gasteiger partial charge is 0.147 e. The van der Waals surface area contributed by atoms with E-state index in [2.05, 4.69) is 0 Å². The van der Waals surface area contributed by atoms with Gasteiger partial charge in [0.25, 0.3) is 0 Å². The van der Waals surface area contributed by atoms with Gasteiger partial charge in [-0.3, -0.25) is 0 Å². The zero-order chi connectivity index (χ0) is 10.3. The van der Waals surface area contributed by atoms with Gasteiger partial charge in [0.2, 0.25) is 0 Å². The second kappa shape index (κ2) is 6.34. The van der Waals surface area contributed by atoms with Gasteiger partial charge in [-0.25, -0.2) is 8.42 Å². The summed E-state index contributed by atoms with van der Waals surface area (Å²) in [6, 6.07) is 0. The van der Waals surface area contributed by atoms with Gasteiger partial charge in [0.15, 0.2) is 0 Å². The van der Waals surface area contributed by atoms with Crippen LogP contribution in [0.2, 0.25) is 0 Å². The van der Waals surface area contributed by atoms with E-state index in [1.807, 2.05) is 6.92 Å². The minimum atomic E-state index is -2.95. The van der Waals surface area contributed by atoms with E-state index in [4.69, 9.17) is 4.74 Å². The monoisotopic (exact) mass is 210 g/mol. The van der Waals surface area contributed by atoms with Crippen molar-refractivity contribution in [1.82, 2.24) is 0 Å². The number of hydrogen-bond donors (Lipinski definition) is 1. The van der Waals surface area contributed by atoms with Crippen LogP contribution in [0.15, 0.2) is 0 Å². The standard InChI is InChI=1S/C8H18O4S/c1-3-12-6-4-8(9)5-7-13(2,10)11/h8-9H,3-7H2,1-2H3. The second-order valence-electron chi connectivity index (χ2n) is 3.06. The molecule has 0 aromatic heterocycles. The Balaban J connectivity index is 3.46. The van der Waals surface area contributed by atoms with Crippen LogP contribution in [-0.2, 0) is 14.6 Å². The summed E-state index contributed by atoms with van der Waals surface area (Å²) in [7, 11) is -2.95. The Morgan fingerprint density at radius 1 is 1.38 bits per heavy atom. The Labute approximate surface area is 79.8 Å². The second-order valence-corrected chi connectivity index (χ2v) is 5.32. The lowest BCUT2D eigenvalue weighted by atomic mass is 10.2. The maximum atomic E-state index is 10.7. The van der Waals surface area contributed by atoms with Crippen molar-refractivity contribution in [2.45, 2.75) is 25.9 Å². The Bertz CT molecular complexity index is 210. The highest BCUT2D eigenvalue weighted by atomic mass is 32.2. The molecule has 0 heterocycles. The predicted octanol–water partition coefficient (Wildman–Crippen LogP) is 0.209. The van der Waals surface area contributed by atoms with E-state index in [0.29, 0.717) is 26.1 Å². The molecule has 0 saturated carbocycles. The first-order valence-electron chi connectivity index (χ1n) is 4.39. The molecule has 0 aliphatic heterocycles. The average Bonchev–Trinajstić information content (AvgIpc) is 2.00. The van der Waals surface area contributed by atoms with Gasteiger partial charge in [-0.1, -0.05) is 0 Å². The molecule has 0 aliphatic carbocycles. The van der Waals surface area contributed by atoms with E-state index in [9.17, 15) is 13.5 Å². The summed E-state index contributed by atoms with van der Waals surface area (Å²) in [5, 5.41) is 9.29. The van der Waals surface area contributed by atoms with Crippen molar-refractivity contribution in [2.24, 2.45) is 0 Å². The van der Waals surface area contributed by atoms with Crippen molar-refractivity contribution < 1.29 is 18.3 Å². The first-order valence-corrected chi connectivity index (χ1v) is 6.45. The zero-order valence-electron chi connectivity index (χ0n) is 8.19. The van der Waals surface area contributed by atoms with Gasteiger partial charge < -0.3 is 9.84 Å². The predicted molar refractivity (Wildman–Crippen MR) is 51.4 cm³/mol. The summed E-state index contributed by atoms with van der Waals surface area (Å²) < 4.78 is 26.5. The van der Waals surface area contributed by atoms with Gasteiger partial charge in [0, 0.05) is 19.5 Å². The van der Waals surface area contributed by atoms with Crippen molar-refractivity contribution in [3.63, 3.8) is 0 Å². The molecule has 0 radical (unpaired) electrons. The molecule has 1 N–H and O–H groups in total. The molecule has 0 aliphatic rings. The van der Waals surface area contributed by atoms with Gasteiger partial charge in [0.1, 0.15) is 9.84 Å². The number of aliphatic hydroxyl groups is 1. The highest BCUT2D eigenvalue weighted by molar-refractivity contribution is 7.90. The highest BCUT2D eigenvalue weighted by Crippen LogP contribution is 2.00. The lowest BCUT2D eigenvalue weighted by Crippen LogP contribution is -2.15. The van der Waals surface area contributed by atoms with Crippen LogP contribution in [0.5, 0.6) is 0 Å². The van der Waals surface area contributed by atoms with E-state index < -0.39 is 15.9 Å². The molecule has 0 aromatic carbocycles. The fraction of sp³-hybridized carbons (Fsp3) is 1.00. The van der Waals surface area contributed by atoms with E-state index in [1.165, 1.54) is 6.26 Å². The zero-order valence-corrected chi connectivity index (χ0v) is 9.01. The molecule has 0 spiro atoms. The molecule has 0 rings (SSSR count). The molecule has 0 aromatic rings. The minimum Gasteiger partial charge on any atom is -0.393 e. The van der Waals surface area contributed by atoms with Crippen LogP contribution in [-0.4, -0.2) is 44.9 Å². The number of aliphatic hydroxyl groups excluding tert-OH is 1. The molecule has 13 heavy (non-hydrogen) atoms. The molecular formula is C8H18O4S. The number of hydrogen-bond acceptors (Lipinski definition) is 4. The molecule has 5 heteroatoms. The third-order valence-corrected chi connectivity index (χ3v) is 2.60. The lowest BCUT2D eigenvalue weighted by Gasteiger charge is -2.08. The molecule has 0 fully saturated rings. The molecule has 4 nitrogen and oxygen atoms in total. The lowest BCUT2D eigenvalue weighted by molar-refractivity contribution is 0.0871. The van der Waals surface area contributed by atoms with Crippen molar-refractivity contribution in [2.75, 3.05) is 25.2 Å². The normalized spacial score (nSPS) is 14.4. The van der Waals surface area contributed by atoms with Crippen LogP contribution in [0, 0.1) is 0 Å². The molecule has 0 bridgehead atoms. The fourth-order valence-corrected chi connectivity index (χ4v) is 1.56. The van der Waals surface area contributed by atoms with Crippen LogP contribution < -0.4 is 0 Å². The summed E-state index contributed by atoms with van der Waals surface area (Å²) in [4.78, 5) is 0. The van der Waals surface area contributed by atoms with Gasteiger partial charge >= 0.3 is 0 Å². The van der Waals surface area contributed by atoms with E-state index in [-0.39, 0.29) is 5.75 Å². The van der Waals surface area contributed by atoms with Crippen molar-refractivity contribution in [1.29, 1.82) is 0 Å². The van der Waals surface area contributed by atoms with Gasteiger partial charge in [-0.15, -0.1) is 0 Å². The summed E-state index contributed by atoms with van der Waals surface area (Å²) >= 11 is 0. The first-order chi connectivity index (χ1) is 5.95. The van der Waals surface area contributed by atoms with Crippen LogP contribution in [0.1, 0.15) is 19.8 Å². The molecular weight excluding hydrogens is 192 g/mol. The highest BCUT2D eigenvalue weighted by Gasteiger charge is 2.08. The molecule has 80 valence electrons. The maximum absolute atomic E-state index is 10.7. The van der Waals surface area contributed by atoms with Crippen LogP contribution in [0.25, 0.3) is 0 Å². The molecule has 1 unspecified atom stereocenters. The summed E-state index contributed by atoms with van der Waals surface area (Å²) in [6.07, 6.45) is 1.40. The Morgan fingerprint density at radius 2 is 2.00 bits per heavy atom. The van der Waals surface area contributed by atoms with Crippen molar-refractivity contribution in [3.05, 3.63) is 0 Å². The maximum Gasteiger partial charge on any atom is 0.147 e. The van der Waals surface area contributed by atoms with E-state index >= 15 is 0 Å². The SMILES string of the molecule is CCOCCC(O)CCS(C)(=O)=O. The summed E-state index contributed by atoms with van der Waals surface area (Å²) in [6.45, 7) is 2.99. The van der Waals surface area contributed by atoms with Crippen molar-refractivity contribution in [3.8, 4) is 0 Å². The molecule has 1 atom stereocenters. The quantitative estimate of drug-likeness (QED) is 0.610. The average molecular weight is 210 g/mol. The molecule has 0 saturated heterocycles. The number of ether oxygens (including phenoxy) is 1. The first kappa shape index (κ1) is 12.9. The van der Waals surface area contributed by atoms with Gasteiger partial charge in [-0.05, 0) is 19.8 Å².